The van der Waals surface area contributed by atoms with E-state index in [1.165, 1.54) is 6.07 Å². The number of hydrogen-bond acceptors (Lipinski definition) is 3. The van der Waals surface area contributed by atoms with E-state index < -0.39 is 0 Å². The molecule has 0 aliphatic carbocycles. The first-order valence-electron chi connectivity index (χ1n) is 5.08. The van der Waals surface area contributed by atoms with Crippen molar-refractivity contribution in [3.8, 4) is 0 Å². The first-order valence-corrected chi connectivity index (χ1v) is 6.21. The molecule has 92 valence electrons. The molecule has 4 nitrogen and oxygen atoms in total. The van der Waals surface area contributed by atoms with Gasteiger partial charge in [-0.15, -0.1) is 0 Å². The molecule has 1 aromatic heterocycles. The van der Waals surface area contributed by atoms with Crippen molar-refractivity contribution >= 4 is 46.5 Å². The van der Waals surface area contributed by atoms with Crippen LogP contribution in [0, 0.1) is 0 Å². The van der Waals surface area contributed by atoms with Crippen LogP contribution in [0.2, 0.25) is 15.2 Å². The van der Waals surface area contributed by atoms with E-state index in [1.54, 1.807) is 4.90 Å². The molecule has 0 radical (unpaired) electrons. The number of halogens is 3. The van der Waals surface area contributed by atoms with Crippen LogP contribution in [0.25, 0.3) is 0 Å². The number of amides is 1. The lowest BCUT2D eigenvalue weighted by atomic mass is 10.2. The van der Waals surface area contributed by atoms with Crippen LogP contribution in [0.3, 0.4) is 0 Å². The van der Waals surface area contributed by atoms with Crippen molar-refractivity contribution in [3.63, 3.8) is 0 Å². The van der Waals surface area contributed by atoms with Crippen LogP contribution in [0.4, 0.5) is 5.82 Å². The molecule has 1 aliphatic rings. The molecule has 2 N–H and O–H groups in total. The monoisotopic (exact) mass is 293 g/mol. The average molecular weight is 295 g/mol. The molecule has 0 bridgehead atoms. The second-order valence-corrected chi connectivity index (χ2v) is 4.99. The van der Waals surface area contributed by atoms with Crippen molar-refractivity contribution in [2.75, 3.05) is 11.4 Å². The highest BCUT2D eigenvalue weighted by molar-refractivity contribution is 6.43. The quantitative estimate of drug-likeness (QED) is 0.853. The molecule has 0 aromatic carbocycles. The molecule has 1 atom stereocenters. The summed E-state index contributed by atoms with van der Waals surface area (Å²) in [5, 5.41) is 0.823. The minimum absolute atomic E-state index is 0.168. The van der Waals surface area contributed by atoms with Crippen LogP contribution in [0.5, 0.6) is 0 Å². The maximum absolute atomic E-state index is 11.3. The van der Waals surface area contributed by atoms with Gasteiger partial charge in [0.2, 0.25) is 5.91 Å². The van der Waals surface area contributed by atoms with Gasteiger partial charge in [-0.3, -0.25) is 4.79 Å². The van der Waals surface area contributed by atoms with Crippen LogP contribution in [-0.2, 0) is 4.79 Å². The lowest BCUT2D eigenvalue weighted by Gasteiger charge is -2.24. The van der Waals surface area contributed by atoms with Gasteiger partial charge in [0, 0.05) is 6.54 Å². The second-order valence-electron chi connectivity index (χ2n) is 3.82. The van der Waals surface area contributed by atoms with E-state index in [-0.39, 0.29) is 22.1 Å². The predicted molar refractivity (Wildman–Crippen MR) is 68.8 cm³/mol. The second kappa shape index (κ2) is 4.88. The summed E-state index contributed by atoms with van der Waals surface area (Å²) in [4.78, 5) is 17.2. The van der Waals surface area contributed by atoms with E-state index in [2.05, 4.69) is 4.98 Å². The zero-order chi connectivity index (χ0) is 12.6. The van der Waals surface area contributed by atoms with Gasteiger partial charge in [-0.2, -0.15) is 0 Å². The van der Waals surface area contributed by atoms with Crippen LogP contribution < -0.4 is 10.6 Å². The predicted octanol–water partition coefficient (Wildman–Crippen LogP) is 2.50. The van der Waals surface area contributed by atoms with Gasteiger partial charge in [-0.1, -0.05) is 34.8 Å². The zero-order valence-corrected chi connectivity index (χ0v) is 11.1. The summed E-state index contributed by atoms with van der Waals surface area (Å²) in [5.74, 6) is 0.0776. The SMILES string of the molecule is NC(=O)C1CCCN1c1nc(Cl)c(Cl)cc1Cl. The molecule has 2 heterocycles. The minimum atomic E-state index is -0.383. The highest BCUT2D eigenvalue weighted by Gasteiger charge is 2.31. The van der Waals surface area contributed by atoms with E-state index in [0.717, 1.165) is 6.42 Å². The maximum Gasteiger partial charge on any atom is 0.240 e. The Morgan fingerprint density at radius 3 is 2.76 bits per heavy atom. The third kappa shape index (κ3) is 2.44. The summed E-state index contributed by atoms with van der Waals surface area (Å²) >= 11 is 17.7. The fraction of sp³-hybridized carbons (Fsp3) is 0.400. The van der Waals surface area contributed by atoms with Crippen LogP contribution in [-0.4, -0.2) is 23.5 Å². The van der Waals surface area contributed by atoms with Crippen molar-refractivity contribution in [1.29, 1.82) is 0 Å². The molecule has 1 amide bonds. The Morgan fingerprint density at radius 2 is 2.12 bits per heavy atom. The molecule has 2 rings (SSSR count). The summed E-state index contributed by atoms with van der Waals surface area (Å²) in [5.41, 5.74) is 5.33. The largest absolute Gasteiger partial charge is 0.368 e. The summed E-state index contributed by atoms with van der Waals surface area (Å²) in [6, 6.07) is 1.14. The van der Waals surface area contributed by atoms with Gasteiger partial charge in [0.15, 0.2) is 0 Å². The number of primary amides is 1. The highest BCUT2D eigenvalue weighted by atomic mass is 35.5. The molecule has 1 fully saturated rings. The number of pyridine rings is 1. The van der Waals surface area contributed by atoms with E-state index >= 15 is 0 Å². The lowest BCUT2D eigenvalue weighted by Crippen LogP contribution is -2.40. The number of nitrogens with two attached hydrogens (primary N) is 1. The molecule has 0 spiro atoms. The normalized spacial score (nSPS) is 19.7. The summed E-state index contributed by atoms with van der Waals surface area (Å²) < 4.78 is 0. The first-order chi connectivity index (χ1) is 8.00. The fourth-order valence-corrected chi connectivity index (χ4v) is 2.55. The number of aromatic nitrogens is 1. The van der Waals surface area contributed by atoms with Gasteiger partial charge in [0.05, 0.1) is 10.0 Å². The van der Waals surface area contributed by atoms with E-state index in [1.807, 2.05) is 0 Å². The molecule has 1 aromatic rings. The number of hydrogen-bond donors (Lipinski definition) is 1. The first kappa shape index (κ1) is 12.7. The van der Waals surface area contributed by atoms with Gasteiger partial charge in [0.25, 0.3) is 0 Å². The average Bonchev–Trinajstić information content (AvgIpc) is 2.72. The Hall–Kier alpha value is -0.710. The van der Waals surface area contributed by atoms with Crippen LogP contribution in [0.15, 0.2) is 6.07 Å². The number of carbonyl (C=O) groups is 1. The van der Waals surface area contributed by atoms with Gasteiger partial charge in [-0.05, 0) is 18.9 Å². The number of nitrogens with zero attached hydrogens (tertiary/aromatic N) is 2. The number of rotatable bonds is 2. The smallest absolute Gasteiger partial charge is 0.240 e. The minimum Gasteiger partial charge on any atom is -0.368 e. The highest BCUT2D eigenvalue weighted by Crippen LogP contribution is 2.34. The van der Waals surface area contributed by atoms with Crippen LogP contribution in [0.1, 0.15) is 12.8 Å². The summed E-state index contributed by atoms with van der Waals surface area (Å²) in [7, 11) is 0. The van der Waals surface area contributed by atoms with Crippen molar-refractivity contribution in [3.05, 3.63) is 21.3 Å². The molecular weight excluding hydrogens is 284 g/mol. The van der Waals surface area contributed by atoms with Crippen molar-refractivity contribution in [2.24, 2.45) is 5.73 Å². The maximum atomic E-state index is 11.3. The van der Waals surface area contributed by atoms with Gasteiger partial charge >= 0.3 is 0 Å². The van der Waals surface area contributed by atoms with Crippen molar-refractivity contribution in [1.82, 2.24) is 4.98 Å². The number of carbonyl (C=O) groups excluding carboxylic acids is 1. The topological polar surface area (TPSA) is 59.2 Å². The number of anilines is 1. The molecule has 0 saturated carbocycles. The molecule has 7 heteroatoms. The van der Waals surface area contributed by atoms with Crippen molar-refractivity contribution < 1.29 is 4.79 Å². The summed E-state index contributed by atoms with van der Waals surface area (Å²) in [6.45, 7) is 0.679. The molecule has 1 unspecified atom stereocenters. The van der Waals surface area contributed by atoms with Crippen LogP contribution >= 0.6 is 34.8 Å². The Labute approximate surface area is 114 Å². The van der Waals surface area contributed by atoms with Gasteiger partial charge < -0.3 is 10.6 Å². The van der Waals surface area contributed by atoms with E-state index in [4.69, 9.17) is 40.5 Å². The van der Waals surface area contributed by atoms with E-state index in [0.29, 0.717) is 23.8 Å². The van der Waals surface area contributed by atoms with E-state index in [9.17, 15) is 4.79 Å². The zero-order valence-electron chi connectivity index (χ0n) is 8.79. The Balaban J connectivity index is 2.40. The van der Waals surface area contributed by atoms with Crippen molar-refractivity contribution in [2.45, 2.75) is 18.9 Å². The van der Waals surface area contributed by atoms with Gasteiger partial charge in [-0.25, -0.2) is 4.98 Å². The summed E-state index contributed by atoms with van der Waals surface area (Å²) in [6.07, 6.45) is 1.57. The Kier molecular flexibility index (Phi) is 3.66. The molecule has 1 saturated heterocycles. The standard InChI is InChI=1S/C10H10Cl3N3O/c11-5-4-6(12)10(15-8(5)13)16-3-1-2-7(16)9(14)17/h4,7H,1-3H2,(H2,14,17). The van der Waals surface area contributed by atoms with Gasteiger partial charge in [0.1, 0.15) is 17.0 Å². The lowest BCUT2D eigenvalue weighted by molar-refractivity contribution is -0.119. The fourth-order valence-electron chi connectivity index (χ4n) is 1.95. The third-order valence-electron chi connectivity index (χ3n) is 2.72. The Morgan fingerprint density at radius 1 is 1.41 bits per heavy atom. The molecule has 1 aliphatic heterocycles. The third-order valence-corrected chi connectivity index (χ3v) is 3.67. The Bertz CT molecular complexity index is 466. The molecule has 17 heavy (non-hydrogen) atoms. The molecular formula is C10H10Cl3N3O.